The average Bonchev–Trinajstić information content (AvgIpc) is 2.38. The molecule has 0 aliphatic rings. The monoisotopic (exact) mass is 270 g/mol. The highest BCUT2D eigenvalue weighted by atomic mass is 33.1. The van der Waals surface area contributed by atoms with E-state index in [1.165, 1.54) is 17.9 Å². The van der Waals surface area contributed by atoms with Gasteiger partial charge in [-0.2, -0.15) is 0 Å². The standard InChI is InChI=1S/C12H14O3S2/c1-9(11(13)15-2)8-16-17-12(14)10-6-4-3-5-7-10/h3-7,9H,8H2,1-2H3. The summed E-state index contributed by atoms with van der Waals surface area (Å²) in [5, 5.41) is 0.00710. The van der Waals surface area contributed by atoms with Crippen LogP contribution in [-0.2, 0) is 9.53 Å². The lowest BCUT2D eigenvalue weighted by atomic mass is 10.2. The fourth-order valence-electron chi connectivity index (χ4n) is 1.08. The van der Waals surface area contributed by atoms with Gasteiger partial charge in [-0.1, -0.05) is 48.0 Å². The quantitative estimate of drug-likeness (QED) is 0.608. The molecular weight excluding hydrogens is 256 g/mol. The number of hydrogen-bond acceptors (Lipinski definition) is 5. The van der Waals surface area contributed by atoms with E-state index in [2.05, 4.69) is 4.74 Å². The third-order valence-corrected chi connectivity index (χ3v) is 4.42. The molecule has 0 N–H and O–H groups in total. The Morgan fingerprint density at radius 3 is 2.53 bits per heavy atom. The molecule has 0 aromatic heterocycles. The molecule has 0 radical (unpaired) electrons. The topological polar surface area (TPSA) is 43.4 Å². The van der Waals surface area contributed by atoms with Crippen molar-refractivity contribution < 1.29 is 14.3 Å². The molecule has 1 rings (SSSR count). The molecule has 0 spiro atoms. The zero-order valence-corrected chi connectivity index (χ0v) is 11.3. The van der Waals surface area contributed by atoms with E-state index in [9.17, 15) is 9.59 Å². The highest BCUT2D eigenvalue weighted by molar-refractivity contribution is 8.82. The summed E-state index contributed by atoms with van der Waals surface area (Å²) in [6, 6.07) is 9.08. The number of methoxy groups -OCH3 is 1. The molecule has 0 fully saturated rings. The third kappa shape index (κ3) is 4.83. The van der Waals surface area contributed by atoms with E-state index < -0.39 is 0 Å². The summed E-state index contributed by atoms with van der Waals surface area (Å²) in [7, 11) is 3.90. The van der Waals surface area contributed by atoms with E-state index in [-0.39, 0.29) is 17.0 Å². The molecule has 1 atom stereocenters. The van der Waals surface area contributed by atoms with Crippen molar-refractivity contribution in [3.05, 3.63) is 35.9 Å². The van der Waals surface area contributed by atoms with Gasteiger partial charge in [-0.05, 0) is 10.8 Å². The van der Waals surface area contributed by atoms with Crippen LogP contribution in [0.2, 0.25) is 0 Å². The predicted octanol–water partition coefficient (Wildman–Crippen LogP) is 3.02. The Bertz CT molecular complexity index is 379. The maximum Gasteiger partial charge on any atom is 0.309 e. The van der Waals surface area contributed by atoms with Crippen LogP contribution >= 0.6 is 21.6 Å². The van der Waals surface area contributed by atoms with Crippen molar-refractivity contribution in [1.29, 1.82) is 0 Å². The van der Waals surface area contributed by atoms with Gasteiger partial charge in [0, 0.05) is 11.3 Å². The van der Waals surface area contributed by atoms with Crippen LogP contribution in [0.15, 0.2) is 30.3 Å². The molecule has 1 aromatic carbocycles. The van der Waals surface area contributed by atoms with Crippen LogP contribution < -0.4 is 0 Å². The van der Waals surface area contributed by atoms with Crippen LogP contribution in [0.3, 0.4) is 0 Å². The molecule has 5 heteroatoms. The van der Waals surface area contributed by atoms with Gasteiger partial charge in [-0.3, -0.25) is 9.59 Å². The molecule has 1 aromatic rings. The van der Waals surface area contributed by atoms with Crippen LogP contribution in [0, 0.1) is 5.92 Å². The zero-order valence-electron chi connectivity index (χ0n) is 9.71. The first kappa shape index (κ1) is 14.1. The number of ether oxygens (including phenoxy) is 1. The molecule has 0 aliphatic heterocycles. The molecule has 0 saturated carbocycles. The molecule has 0 saturated heterocycles. The first-order valence-electron chi connectivity index (χ1n) is 5.12. The van der Waals surface area contributed by atoms with Gasteiger partial charge in [0.05, 0.1) is 13.0 Å². The lowest BCUT2D eigenvalue weighted by Crippen LogP contribution is -2.14. The molecule has 0 amide bonds. The summed E-state index contributed by atoms with van der Waals surface area (Å²) < 4.78 is 4.61. The van der Waals surface area contributed by atoms with Crippen molar-refractivity contribution in [2.75, 3.05) is 12.9 Å². The Kier molecular flexibility index (Phi) is 6.15. The van der Waals surface area contributed by atoms with Gasteiger partial charge in [0.15, 0.2) is 0 Å². The Labute approximate surface area is 109 Å². The SMILES string of the molecule is COC(=O)C(C)CSSC(=O)c1ccccc1. The maximum atomic E-state index is 11.7. The number of hydrogen-bond donors (Lipinski definition) is 0. The van der Waals surface area contributed by atoms with Crippen LogP contribution in [0.4, 0.5) is 0 Å². The summed E-state index contributed by atoms with van der Waals surface area (Å²) in [5.74, 6) is 0.127. The summed E-state index contributed by atoms with van der Waals surface area (Å²) in [4.78, 5) is 22.8. The summed E-state index contributed by atoms with van der Waals surface area (Å²) in [6.07, 6.45) is 0. The molecule has 0 bridgehead atoms. The van der Waals surface area contributed by atoms with Crippen LogP contribution in [0.1, 0.15) is 17.3 Å². The van der Waals surface area contributed by atoms with Gasteiger partial charge < -0.3 is 4.74 Å². The van der Waals surface area contributed by atoms with E-state index in [0.29, 0.717) is 11.3 Å². The maximum absolute atomic E-state index is 11.7. The highest BCUT2D eigenvalue weighted by Gasteiger charge is 2.14. The third-order valence-electron chi connectivity index (χ3n) is 2.07. The largest absolute Gasteiger partial charge is 0.469 e. The average molecular weight is 270 g/mol. The Hall–Kier alpha value is -0.940. The van der Waals surface area contributed by atoms with Gasteiger partial charge in [0.25, 0.3) is 0 Å². The van der Waals surface area contributed by atoms with Crippen molar-refractivity contribution in [3.63, 3.8) is 0 Å². The Balaban J connectivity index is 2.32. The van der Waals surface area contributed by atoms with Crippen molar-refractivity contribution >= 4 is 32.7 Å². The number of rotatable bonds is 5. The second-order valence-electron chi connectivity index (χ2n) is 3.45. The molecule has 92 valence electrons. The van der Waals surface area contributed by atoms with Gasteiger partial charge in [-0.25, -0.2) is 0 Å². The lowest BCUT2D eigenvalue weighted by Gasteiger charge is -2.07. The van der Waals surface area contributed by atoms with Crippen LogP contribution in [-0.4, -0.2) is 23.9 Å². The van der Waals surface area contributed by atoms with Gasteiger partial charge >= 0.3 is 5.97 Å². The smallest absolute Gasteiger partial charge is 0.309 e. The fraction of sp³-hybridized carbons (Fsp3) is 0.333. The normalized spacial score (nSPS) is 11.9. The van der Waals surface area contributed by atoms with Gasteiger partial charge in [0.1, 0.15) is 0 Å². The minimum absolute atomic E-state index is 0.00710. The second kappa shape index (κ2) is 7.40. The van der Waals surface area contributed by atoms with E-state index in [1.807, 2.05) is 18.2 Å². The molecule has 3 nitrogen and oxygen atoms in total. The Morgan fingerprint density at radius 2 is 1.94 bits per heavy atom. The predicted molar refractivity (Wildman–Crippen MR) is 72.0 cm³/mol. The van der Waals surface area contributed by atoms with E-state index in [4.69, 9.17) is 0 Å². The van der Waals surface area contributed by atoms with Crippen LogP contribution in [0.25, 0.3) is 0 Å². The van der Waals surface area contributed by atoms with E-state index in [1.54, 1.807) is 19.1 Å². The highest BCUT2D eigenvalue weighted by Crippen LogP contribution is 2.28. The first-order chi connectivity index (χ1) is 8.15. The van der Waals surface area contributed by atoms with Crippen molar-refractivity contribution in [3.8, 4) is 0 Å². The van der Waals surface area contributed by atoms with E-state index >= 15 is 0 Å². The van der Waals surface area contributed by atoms with Gasteiger partial charge in [0.2, 0.25) is 5.12 Å². The minimum atomic E-state index is -0.245. The van der Waals surface area contributed by atoms with Crippen molar-refractivity contribution in [2.24, 2.45) is 5.92 Å². The lowest BCUT2D eigenvalue weighted by molar-refractivity contribution is -0.143. The Morgan fingerprint density at radius 1 is 1.29 bits per heavy atom. The summed E-state index contributed by atoms with van der Waals surface area (Å²) in [6.45, 7) is 1.78. The number of esters is 1. The number of carbonyl (C=O) groups excluding carboxylic acids is 2. The van der Waals surface area contributed by atoms with Crippen LogP contribution in [0.5, 0.6) is 0 Å². The van der Waals surface area contributed by atoms with Crippen molar-refractivity contribution in [2.45, 2.75) is 6.92 Å². The molecule has 0 aliphatic carbocycles. The molecule has 0 heterocycles. The number of benzene rings is 1. The first-order valence-corrected chi connectivity index (χ1v) is 7.43. The van der Waals surface area contributed by atoms with Gasteiger partial charge in [-0.15, -0.1) is 0 Å². The second-order valence-corrected chi connectivity index (χ2v) is 5.76. The fourth-order valence-corrected chi connectivity index (χ4v) is 3.26. The molecule has 17 heavy (non-hydrogen) atoms. The minimum Gasteiger partial charge on any atom is -0.469 e. The number of carbonyl (C=O) groups is 2. The molecular formula is C12H14O3S2. The summed E-state index contributed by atoms with van der Waals surface area (Å²) >= 11 is 0. The van der Waals surface area contributed by atoms with E-state index in [0.717, 1.165) is 10.8 Å². The summed E-state index contributed by atoms with van der Waals surface area (Å²) in [5.41, 5.74) is 0.677. The zero-order chi connectivity index (χ0) is 12.7. The van der Waals surface area contributed by atoms with Crippen molar-refractivity contribution in [1.82, 2.24) is 0 Å². The molecule has 1 unspecified atom stereocenters.